The van der Waals surface area contributed by atoms with Gasteiger partial charge in [0.05, 0.1) is 6.20 Å². The summed E-state index contributed by atoms with van der Waals surface area (Å²) in [5.41, 5.74) is 11.7. The van der Waals surface area contributed by atoms with Gasteiger partial charge in [-0.05, 0) is 48.5 Å². The zero-order chi connectivity index (χ0) is 20.8. The number of nitrogens with zero attached hydrogens (tertiary/aromatic N) is 2. The molecular formula is C19H17FN6O3. The van der Waals surface area contributed by atoms with Crippen molar-refractivity contribution in [2.45, 2.75) is 0 Å². The van der Waals surface area contributed by atoms with E-state index in [1.54, 1.807) is 48.5 Å². The minimum absolute atomic E-state index is 0.0398. The van der Waals surface area contributed by atoms with Crippen LogP contribution in [-0.4, -0.2) is 28.4 Å². The average molecular weight is 396 g/mol. The molecule has 0 bridgehead atoms. The highest BCUT2D eigenvalue weighted by Crippen LogP contribution is 2.22. The van der Waals surface area contributed by atoms with Gasteiger partial charge in [0.25, 0.3) is 5.91 Å². The van der Waals surface area contributed by atoms with E-state index >= 15 is 0 Å². The minimum atomic E-state index is -0.645. The van der Waals surface area contributed by atoms with Gasteiger partial charge in [0.2, 0.25) is 11.9 Å². The lowest BCUT2D eigenvalue weighted by molar-refractivity contribution is -0.119. The van der Waals surface area contributed by atoms with Crippen LogP contribution in [-0.2, 0) is 4.79 Å². The van der Waals surface area contributed by atoms with Crippen LogP contribution in [0.15, 0.2) is 54.7 Å². The molecule has 2 aromatic carbocycles. The summed E-state index contributed by atoms with van der Waals surface area (Å²) in [5, 5.41) is 5.76. The molecule has 0 saturated heterocycles. The smallest absolute Gasteiger partial charge is 0.255 e. The predicted octanol–water partition coefficient (Wildman–Crippen LogP) is 2.07. The molecule has 0 unspecified atom stereocenters. The maximum atomic E-state index is 14.1. The summed E-state index contributed by atoms with van der Waals surface area (Å²) in [5.74, 6) is -1.20. The van der Waals surface area contributed by atoms with Crippen molar-refractivity contribution in [2.24, 2.45) is 11.5 Å². The Labute approximate surface area is 164 Å². The van der Waals surface area contributed by atoms with Crippen molar-refractivity contribution in [3.05, 3.63) is 66.1 Å². The molecule has 9 nitrogen and oxygen atoms in total. The summed E-state index contributed by atoms with van der Waals surface area (Å²) in [6.07, 6.45) is 1.03. The number of nitrogens with two attached hydrogens (primary N) is 2. The fourth-order valence-corrected chi connectivity index (χ4v) is 2.29. The molecule has 0 atom stereocenters. The first kappa shape index (κ1) is 19.5. The number of ether oxygens (including phenoxy) is 1. The average Bonchev–Trinajstić information content (AvgIpc) is 2.70. The maximum Gasteiger partial charge on any atom is 0.255 e. The summed E-state index contributed by atoms with van der Waals surface area (Å²) in [4.78, 5) is 29.8. The standard InChI is InChI=1S/C19H17FN6O3/c20-15-9-23-19(25-13-3-1-11(2-4-13)17(22)28)26-18(15)24-12-5-7-14(8-6-12)29-10-16(21)27/h1-9H,10H2,(H2,21,27)(H2,22,28)(H2,23,24,25,26). The number of primary amides is 2. The Morgan fingerprint density at radius 1 is 0.966 bits per heavy atom. The first-order chi connectivity index (χ1) is 13.9. The van der Waals surface area contributed by atoms with E-state index in [0.29, 0.717) is 22.7 Å². The Bertz CT molecular complexity index is 1030. The van der Waals surface area contributed by atoms with Crippen molar-refractivity contribution in [3.8, 4) is 5.75 Å². The molecule has 0 aliphatic heterocycles. The maximum absolute atomic E-state index is 14.1. The Hall–Kier alpha value is -4.21. The number of hydrogen-bond acceptors (Lipinski definition) is 7. The second-order valence-corrected chi connectivity index (χ2v) is 5.86. The Morgan fingerprint density at radius 2 is 1.59 bits per heavy atom. The third-order valence-electron chi connectivity index (χ3n) is 3.67. The van der Waals surface area contributed by atoms with Gasteiger partial charge in [-0.3, -0.25) is 9.59 Å². The third-order valence-corrected chi connectivity index (χ3v) is 3.67. The topological polar surface area (TPSA) is 145 Å². The van der Waals surface area contributed by atoms with E-state index in [0.717, 1.165) is 6.20 Å². The zero-order valence-corrected chi connectivity index (χ0v) is 15.1. The molecule has 0 aliphatic carbocycles. The minimum Gasteiger partial charge on any atom is -0.484 e. The molecule has 0 spiro atoms. The molecule has 2 amide bonds. The number of nitrogens with one attached hydrogen (secondary N) is 2. The van der Waals surface area contributed by atoms with Crippen molar-refractivity contribution < 1.29 is 18.7 Å². The van der Waals surface area contributed by atoms with E-state index < -0.39 is 17.6 Å². The van der Waals surface area contributed by atoms with Crippen LogP contribution in [0, 0.1) is 5.82 Å². The van der Waals surface area contributed by atoms with Gasteiger partial charge >= 0.3 is 0 Å². The molecular weight excluding hydrogens is 379 g/mol. The SMILES string of the molecule is NC(=O)COc1ccc(Nc2nc(Nc3ccc(C(N)=O)cc3)ncc2F)cc1. The third kappa shape index (κ3) is 5.39. The number of hydrogen-bond donors (Lipinski definition) is 4. The summed E-state index contributed by atoms with van der Waals surface area (Å²) in [7, 11) is 0. The quantitative estimate of drug-likeness (QED) is 0.456. The van der Waals surface area contributed by atoms with Crippen LogP contribution in [0.25, 0.3) is 0 Å². The number of halogens is 1. The second kappa shape index (κ2) is 8.65. The van der Waals surface area contributed by atoms with E-state index in [2.05, 4.69) is 20.6 Å². The predicted molar refractivity (Wildman–Crippen MR) is 105 cm³/mol. The fourth-order valence-electron chi connectivity index (χ4n) is 2.29. The number of carbonyl (C=O) groups is 2. The monoisotopic (exact) mass is 396 g/mol. The molecule has 148 valence electrons. The van der Waals surface area contributed by atoms with Crippen molar-refractivity contribution in [1.82, 2.24) is 9.97 Å². The van der Waals surface area contributed by atoms with Crippen LogP contribution in [0.2, 0.25) is 0 Å². The van der Waals surface area contributed by atoms with Crippen LogP contribution < -0.4 is 26.8 Å². The van der Waals surface area contributed by atoms with E-state index in [9.17, 15) is 14.0 Å². The van der Waals surface area contributed by atoms with Crippen LogP contribution >= 0.6 is 0 Å². The van der Waals surface area contributed by atoms with Gasteiger partial charge in [-0.2, -0.15) is 4.98 Å². The van der Waals surface area contributed by atoms with Gasteiger partial charge in [-0.25, -0.2) is 9.37 Å². The van der Waals surface area contributed by atoms with E-state index in [1.165, 1.54) is 0 Å². The summed E-state index contributed by atoms with van der Waals surface area (Å²) in [6, 6.07) is 12.8. The zero-order valence-electron chi connectivity index (χ0n) is 15.1. The number of carbonyl (C=O) groups excluding carboxylic acids is 2. The summed E-state index contributed by atoms with van der Waals surface area (Å²) < 4.78 is 19.2. The van der Waals surface area contributed by atoms with E-state index in [1.807, 2.05) is 0 Å². The molecule has 29 heavy (non-hydrogen) atoms. The Morgan fingerprint density at radius 3 is 2.21 bits per heavy atom. The molecule has 3 aromatic rings. The number of aromatic nitrogens is 2. The highest BCUT2D eigenvalue weighted by atomic mass is 19.1. The fraction of sp³-hybridized carbons (Fsp3) is 0.0526. The first-order valence-corrected chi connectivity index (χ1v) is 8.38. The normalized spacial score (nSPS) is 10.2. The summed E-state index contributed by atoms with van der Waals surface area (Å²) in [6.45, 7) is -0.233. The summed E-state index contributed by atoms with van der Waals surface area (Å²) >= 11 is 0. The first-order valence-electron chi connectivity index (χ1n) is 8.38. The van der Waals surface area contributed by atoms with Gasteiger partial charge in [-0.1, -0.05) is 0 Å². The molecule has 1 aromatic heterocycles. The van der Waals surface area contributed by atoms with Gasteiger partial charge in [0.15, 0.2) is 18.2 Å². The van der Waals surface area contributed by atoms with Gasteiger partial charge < -0.3 is 26.8 Å². The molecule has 6 N–H and O–H groups in total. The number of amides is 2. The second-order valence-electron chi connectivity index (χ2n) is 5.86. The number of rotatable bonds is 8. The largest absolute Gasteiger partial charge is 0.484 e. The lowest BCUT2D eigenvalue weighted by atomic mass is 10.2. The highest BCUT2D eigenvalue weighted by molar-refractivity contribution is 5.93. The van der Waals surface area contributed by atoms with Crippen molar-refractivity contribution >= 4 is 35.0 Å². The van der Waals surface area contributed by atoms with Crippen molar-refractivity contribution in [1.29, 1.82) is 0 Å². The van der Waals surface area contributed by atoms with Crippen molar-refractivity contribution in [3.63, 3.8) is 0 Å². The van der Waals surface area contributed by atoms with E-state index in [4.69, 9.17) is 16.2 Å². The van der Waals surface area contributed by atoms with Gasteiger partial charge in [-0.15, -0.1) is 0 Å². The lowest BCUT2D eigenvalue weighted by Gasteiger charge is -2.10. The molecule has 0 radical (unpaired) electrons. The number of anilines is 4. The molecule has 0 saturated carbocycles. The molecule has 1 heterocycles. The molecule has 0 aliphatic rings. The van der Waals surface area contributed by atoms with Crippen LogP contribution in [0.4, 0.5) is 27.5 Å². The Kier molecular flexibility index (Phi) is 5.83. The van der Waals surface area contributed by atoms with Crippen LogP contribution in [0.5, 0.6) is 5.75 Å². The number of benzene rings is 2. The molecule has 0 fully saturated rings. The van der Waals surface area contributed by atoms with Gasteiger partial charge in [0, 0.05) is 16.9 Å². The van der Waals surface area contributed by atoms with Crippen LogP contribution in [0.3, 0.4) is 0 Å². The Balaban J connectivity index is 1.70. The van der Waals surface area contributed by atoms with E-state index in [-0.39, 0.29) is 18.4 Å². The molecule has 3 rings (SSSR count). The molecule has 10 heteroatoms. The highest BCUT2D eigenvalue weighted by Gasteiger charge is 2.09. The van der Waals surface area contributed by atoms with Crippen LogP contribution in [0.1, 0.15) is 10.4 Å². The lowest BCUT2D eigenvalue weighted by Crippen LogP contribution is -2.19. The van der Waals surface area contributed by atoms with Crippen molar-refractivity contribution in [2.75, 3.05) is 17.2 Å². The van der Waals surface area contributed by atoms with Gasteiger partial charge in [0.1, 0.15) is 5.75 Å².